The van der Waals surface area contributed by atoms with Gasteiger partial charge in [0.15, 0.2) is 11.6 Å². The standard InChI is InChI=1S/C12H4F13NO2/c13-5-2-1-4(3-6(5)14)26-7(27)8(15,10(18,19)20)28-12(24,25)9(16,17)11(21,22)23/h1-3H,(H,26,27)/t8-/m1/s1. The lowest BCUT2D eigenvalue weighted by Gasteiger charge is -2.34. The summed E-state index contributed by atoms with van der Waals surface area (Å²) in [6.45, 7) is 0. The summed E-state index contributed by atoms with van der Waals surface area (Å²) in [6, 6.07) is 0.383. The van der Waals surface area contributed by atoms with Crippen LogP contribution in [0.25, 0.3) is 0 Å². The molecule has 0 radical (unpaired) electrons. The lowest BCUT2D eigenvalue weighted by Crippen LogP contribution is -2.62. The van der Waals surface area contributed by atoms with Gasteiger partial charge in [0.2, 0.25) is 0 Å². The fourth-order valence-corrected chi connectivity index (χ4v) is 1.42. The zero-order valence-electron chi connectivity index (χ0n) is 12.5. The van der Waals surface area contributed by atoms with Gasteiger partial charge in [-0.1, -0.05) is 0 Å². The number of hydrogen-bond acceptors (Lipinski definition) is 2. The fourth-order valence-electron chi connectivity index (χ4n) is 1.42. The van der Waals surface area contributed by atoms with Gasteiger partial charge in [-0.05, 0) is 12.1 Å². The molecule has 0 aromatic heterocycles. The Morgan fingerprint density at radius 1 is 0.786 bits per heavy atom. The van der Waals surface area contributed by atoms with E-state index in [1.807, 2.05) is 4.74 Å². The molecule has 0 heterocycles. The van der Waals surface area contributed by atoms with Gasteiger partial charge in [0, 0.05) is 11.8 Å². The third-order valence-electron chi connectivity index (χ3n) is 2.82. The van der Waals surface area contributed by atoms with Crippen LogP contribution < -0.4 is 5.32 Å². The Hall–Kier alpha value is -2.26. The van der Waals surface area contributed by atoms with Crippen molar-refractivity contribution in [3.63, 3.8) is 0 Å². The van der Waals surface area contributed by atoms with Crippen LogP contribution in [0.2, 0.25) is 0 Å². The summed E-state index contributed by atoms with van der Waals surface area (Å²) < 4.78 is 167. The molecule has 0 unspecified atom stereocenters. The Labute approximate surface area is 145 Å². The summed E-state index contributed by atoms with van der Waals surface area (Å²) in [7, 11) is 0. The molecule has 0 spiro atoms. The number of carbonyl (C=O) groups excluding carboxylic acids is 1. The number of nitrogens with one attached hydrogen (secondary N) is 1. The van der Waals surface area contributed by atoms with Crippen molar-refractivity contribution in [1.82, 2.24) is 0 Å². The Morgan fingerprint density at radius 2 is 1.29 bits per heavy atom. The van der Waals surface area contributed by atoms with E-state index in [-0.39, 0.29) is 18.2 Å². The minimum Gasteiger partial charge on any atom is -0.321 e. The molecule has 1 aromatic rings. The average Bonchev–Trinajstić information content (AvgIpc) is 2.48. The van der Waals surface area contributed by atoms with Gasteiger partial charge in [-0.2, -0.15) is 48.3 Å². The SMILES string of the molecule is O=C(Nc1ccc(F)c(F)c1)[C@@](F)(OC(F)(F)C(F)(F)C(F)(F)F)C(F)(F)F. The van der Waals surface area contributed by atoms with E-state index in [9.17, 15) is 61.9 Å². The zero-order chi connectivity index (χ0) is 22.3. The first-order chi connectivity index (χ1) is 12.3. The average molecular weight is 441 g/mol. The maximum absolute atomic E-state index is 13.9. The van der Waals surface area contributed by atoms with Crippen molar-refractivity contribution in [3.05, 3.63) is 29.8 Å². The van der Waals surface area contributed by atoms with Gasteiger partial charge in [-0.3, -0.25) is 9.53 Å². The van der Waals surface area contributed by atoms with E-state index < -0.39 is 53.5 Å². The number of alkyl halides is 11. The Balaban J connectivity index is 3.32. The molecule has 0 aliphatic heterocycles. The first-order valence-corrected chi connectivity index (χ1v) is 6.31. The maximum atomic E-state index is 13.9. The molecule has 0 fully saturated rings. The van der Waals surface area contributed by atoms with Crippen molar-refractivity contribution >= 4 is 11.6 Å². The molecule has 0 aliphatic carbocycles. The van der Waals surface area contributed by atoms with Crippen LogP contribution in [0.15, 0.2) is 18.2 Å². The molecule has 16 heteroatoms. The van der Waals surface area contributed by atoms with E-state index in [1.165, 1.54) is 0 Å². The van der Waals surface area contributed by atoms with Crippen LogP contribution in [0.1, 0.15) is 0 Å². The van der Waals surface area contributed by atoms with Gasteiger partial charge in [-0.25, -0.2) is 8.78 Å². The van der Waals surface area contributed by atoms with Crippen LogP contribution in [-0.4, -0.2) is 36.1 Å². The minimum atomic E-state index is -7.34. The summed E-state index contributed by atoms with van der Waals surface area (Å²) in [5.74, 6) is -20.6. The van der Waals surface area contributed by atoms with Crippen molar-refractivity contribution in [3.8, 4) is 0 Å². The van der Waals surface area contributed by atoms with Crippen LogP contribution in [0.5, 0.6) is 0 Å². The number of amides is 1. The summed E-state index contributed by atoms with van der Waals surface area (Å²) in [4.78, 5) is 11.3. The van der Waals surface area contributed by atoms with Crippen LogP contribution in [0.3, 0.4) is 0 Å². The molecule has 1 N–H and O–H groups in total. The number of anilines is 1. The molecule has 1 atom stereocenters. The van der Waals surface area contributed by atoms with Gasteiger partial charge in [-0.15, -0.1) is 0 Å². The number of rotatable bonds is 5. The smallest absolute Gasteiger partial charge is 0.321 e. The first kappa shape index (κ1) is 23.8. The van der Waals surface area contributed by atoms with Gasteiger partial charge in [0.25, 0.3) is 5.91 Å². The quantitative estimate of drug-likeness (QED) is 0.658. The highest BCUT2D eigenvalue weighted by Crippen LogP contribution is 2.51. The second kappa shape index (κ2) is 6.97. The molecule has 0 bridgehead atoms. The Bertz CT molecular complexity index is 742. The molecule has 1 aromatic carbocycles. The van der Waals surface area contributed by atoms with E-state index >= 15 is 0 Å². The predicted octanol–water partition coefficient (Wildman–Crippen LogP) is 4.94. The molecule has 1 rings (SSSR count). The molecule has 0 saturated heterocycles. The number of hydrogen-bond donors (Lipinski definition) is 1. The molecule has 1 amide bonds. The van der Waals surface area contributed by atoms with Crippen LogP contribution in [0, 0.1) is 11.6 Å². The van der Waals surface area contributed by atoms with Crippen molar-refractivity contribution in [2.75, 3.05) is 5.32 Å². The van der Waals surface area contributed by atoms with E-state index in [0.29, 0.717) is 0 Å². The highest BCUT2D eigenvalue weighted by atomic mass is 19.4. The van der Waals surface area contributed by atoms with Crippen LogP contribution >= 0.6 is 0 Å². The minimum absolute atomic E-state index is 0.0769. The zero-order valence-corrected chi connectivity index (χ0v) is 12.5. The fraction of sp³-hybridized carbons (Fsp3) is 0.417. The molecule has 160 valence electrons. The molecular formula is C12H4F13NO2. The Morgan fingerprint density at radius 3 is 1.68 bits per heavy atom. The van der Waals surface area contributed by atoms with Crippen LogP contribution in [0.4, 0.5) is 62.8 Å². The topological polar surface area (TPSA) is 38.3 Å². The van der Waals surface area contributed by atoms with Crippen molar-refractivity contribution in [2.45, 2.75) is 30.2 Å². The van der Waals surface area contributed by atoms with E-state index in [4.69, 9.17) is 0 Å². The normalized spacial score (nSPS) is 15.9. The lowest BCUT2D eigenvalue weighted by atomic mass is 10.2. The number of carbonyl (C=O) groups is 1. The number of ether oxygens (including phenoxy) is 1. The summed E-state index contributed by atoms with van der Waals surface area (Å²) in [5, 5.41) is 0.745. The van der Waals surface area contributed by atoms with E-state index in [2.05, 4.69) is 0 Å². The third kappa shape index (κ3) is 4.25. The third-order valence-corrected chi connectivity index (χ3v) is 2.82. The summed E-state index contributed by atoms with van der Waals surface area (Å²) >= 11 is 0. The summed E-state index contributed by atoms with van der Waals surface area (Å²) in [5.41, 5.74) is -1.20. The second-order valence-corrected chi connectivity index (χ2v) is 4.87. The second-order valence-electron chi connectivity index (χ2n) is 4.87. The van der Waals surface area contributed by atoms with Crippen molar-refractivity contribution in [2.24, 2.45) is 0 Å². The lowest BCUT2D eigenvalue weighted by molar-refractivity contribution is -0.472. The molecule has 3 nitrogen and oxygen atoms in total. The van der Waals surface area contributed by atoms with Gasteiger partial charge >= 0.3 is 30.2 Å². The molecular weight excluding hydrogens is 437 g/mol. The van der Waals surface area contributed by atoms with Crippen molar-refractivity contribution in [1.29, 1.82) is 0 Å². The highest BCUT2D eigenvalue weighted by molar-refractivity contribution is 5.96. The largest absolute Gasteiger partial charge is 0.462 e. The highest BCUT2D eigenvalue weighted by Gasteiger charge is 2.79. The number of halogens is 13. The molecule has 28 heavy (non-hydrogen) atoms. The van der Waals surface area contributed by atoms with E-state index in [0.717, 1.165) is 5.32 Å². The molecule has 0 saturated carbocycles. The molecule has 0 aliphatic rings. The van der Waals surface area contributed by atoms with Gasteiger partial charge in [0.05, 0.1) is 0 Å². The predicted molar refractivity (Wildman–Crippen MR) is 61.9 cm³/mol. The van der Waals surface area contributed by atoms with Crippen LogP contribution in [-0.2, 0) is 9.53 Å². The van der Waals surface area contributed by atoms with Gasteiger partial charge in [0.1, 0.15) is 0 Å². The number of benzene rings is 1. The van der Waals surface area contributed by atoms with Crippen molar-refractivity contribution < 1.29 is 66.6 Å². The first-order valence-electron chi connectivity index (χ1n) is 6.31. The summed E-state index contributed by atoms with van der Waals surface area (Å²) in [6.07, 6.45) is -21.3. The maximum Gasteiger partial charge on any atom is 0.462 e. The monoisotopic (exact) mass is 441 g/mol. The van der Waals surface area contributed by atoms with Gasteiger partial charge < -0.3 is 5.32 Å². The Kier molecular flexibility index (Phi) is 5.92. The van der Waals surface area contributed by atoms with E-state index in [1.54, 1.807) is 0 Å².